The summed E-state index contributed by atoms with van der Waals surface area (Å²) in [6.07, 6.45) is 2.92. The van der Waals surface area contributed by atoms with Crippen LogP contribution < -0.4 is 4.74 Å². The molecular weight excluding hydrogens is 500 g/mol. The summed E-state index contributed by atoms with van der Waals surface area (Å²) in [5, 5.41) is 11.9. The van der Waals surface area contributed by atoms with Crippen molar-refractivity contribution in [2.75, 3.05) is 39.3 Å². The van der Waals surface area contributed by atoms with Gasteiger partial charge in [0, 0.05) is 47.1 Å². The molecule has 2 N–H and O–H groups in total. The van der Waals surface area contributed by atoms with Gasteiger partial charge in [-0.2, -0.15) is 0 Å². The molecule has 2 aromatic carbocycles. The fraction of sp³-hybridized carbons (Fsp3) is 0.464. The molecule has 3 aliphatic heterocycles. The molecule has 2 fully saturated rings. The van der Waals surface area contributed by atoms with Gasteiger partial charge in [0.05, 0.1) is 18.2 Å². The molecule has 1 atom stereocenters. The van der Waals surface area contributed by atoms with Crippen molar-refractivity contribution in [2.24, 2.45) is 5.92 Å². The molecule has 0 aliphatic carbocycles. The van der Waals surface area contributed by atoms with Crippen molar-refractivity contribution >= 4 is 28.4 Å². The number of nitrogens with one attached hydrogen (secondary N) is 1. The number of benzene rings is 2. The lowest BCUT2D eigenvalue weighted by Crippen LogP contribution is -2.48. The molecule has 3 aliphatic rings. The highest BCUT2D eigenvalue weighted by molar-refractivity contribution is 6.30. The maximum atomic E-state index is 14.0. The number of aromatic amines is 1. The van der Waals surface area contributed by atoms with E-state index in [1.807, 2.05) is 12.1 Å². The van der Waals surface area contributed by atoms with Gasteiger partial charge < -0.3 is 24.6 Å². The Morgan fingerprint density at radius 2 is 1.89 bits per heavy atom. The summed E-state index contributed by atoms with van der Waals surface area (Å²) in [6, 6.07) is 9.37. The average molecular weight is 530 g/mol. The Hall–Kier alpha value is -2.68. The van der Waals surface area contributed by atoms with Gasteiger partial charge in [-0.05, 0) is 69.0 Å². The first-order valence-electron chi connectivity index (χ1n) is 12.9. The molecule has 37 heavy (non-hydrogen) atoms. The zero-order chi connectivity index (χ0) is 25.7. The van der Waals surface area contributed by atoms with Crippen LogP contribution in [0.25, 0.3) is 10.9 Å². The van der Waals surface area contributed by atoms with Crippen molar-refractivity contribution < 1.29 is 23.4 Å². The first-order valence-corrected chi connectivity index (χ1v) is 13.3. The topological polar surface area (TPSA) is 68.8 Å². The lowest BCUT2D eigenvalue weighted by Gasteiger charge is -2.41. The molecule has 6 nitrogen and oxygen atoms in total. The first-order chi connectivity index (χ1) is 17.8. The molecule has 6 rings (SSSR count). The summed E-state index contributed by atoms with van der Waals surface area (Å²) in [5.74, 6) is -0.592. The van der Waals surface area contributed by atoms with E-state index in [4.69, 9.17) is 16.3 Å². The largest absolute Gasteiger partial charge is 0.492 e. The van der Waals surface area contributed by atoms with E-state index in [9.17, 15) is 18.7 Å². The standard InChI is InChI=1S/C28H30ClF2N3O3/c29-18-1-2-21-26(11-18)37-16-28(21)5-9-33(10-6-28)15-25(35)17-3-7-34(8-4-17)27(36)24-14-20-22(31)12-19(30)13-23(20)32-24/h1-2,11-14,17,25,32,35H,3-10,15-16H2/t25-/m1/s1. The van der Waals surface area contributed by atoms with Crippen LogP contribution in [0.4, 0.5) is 8.78 Å². The number of ether oxygens (including phenoxy) is 1. The fourth-order valence-corrected chi connectivity index (χ4v) is 6.43. The number of aliphatic hydroxyl groups is 1. The zero-order valence-corrected chi connectivity index (χ0v) is 21.2. The van der Waals surface area contributed by atoms with Crippen molar-refractivity contribution in [3.8, 4) is 5.75 Å². The minimum atomic E-state index is -0.690. The highest BCUT2D eigenvalue weighted by Gasteiger charge is 2.43. The summed E-state index contributed by atoms with van der Waals surface area (Å²) < 4.78 is 33.5. The van der Waals surface area contributed by atoms with Crippen LogP contribution in [-0.2, 0) is 5.41 Å². The van der Waals surface area contributed by atoms with Crippen molar-refractivity contribution in [1.82, 2.24) is 14.8 Å². The van der Waals surface area contributed by atoms with Gasteiger partial charge in [0.1, 0.15) is 23.1 Å². The van der Waals surface area contributed by atoms with Crippen LogP contribution in [0.3, 0.4) is 0 Å². The van der Waals surface area contributed by atoms with E-state index < -0.39 is 17.7 Å². The molecule has 0 bridgehead atoms. The number of nitrogens with zero attached hydrogens (tertiary/aromatic N) is 2. The van der Waals surface area contributed by atoms with Gasteiger partial charge in [-0.15, -0.1) is 0 Å². The van der Waals surface area contributed by atoms with Gasteiger partial charge in [-0.25, -0.2) is 8.78 Å². The number of aromatic nitrogens is 1. The minimum Gasteiger partial charge on any atom is -0.492 e. The Bertz CT molecular complexity index is 1330. The first kappa shape index (κ1) is 24.6. The molecule has 196 valence electrons. The number of hydrogen-bond acceptors (Lipinski definition) is 4. The number of β-amino-alcohol motifs (C(OH)–C–C–N with tert-alkyl or cyclic N) is 1. The molecule has 0 saturated carbocycles. The monoisotopic (exact) mass is 529 g/mol. The van der Waals surface area contributed by atoms with Gasteiger partial charge in [-0.1, -0.05) is 17.7 Å². The second-order valence-electron chi connectivity index (χ2n) is 10.7. The number of halogens is 3. The molecule has 0 radical (unpaired) electrons. The predicted molar refractivity (Wildman–Crippen MR) is 137 cm³/mol. The van der Waals surface area contributed by atoms with Gasteiger partial charge >= 0.3 is 0 Å². The smallest absolute Gasteiger partial charge is 0.270 e. The number of rotatable bonds is 4. The summed E-state index contributed by atoms with van der Waals surface area (Å²) in [4.78, 5) is 19.9. The number of carbonyl (C=O) groups is 1. The number of H-pyrrole nitrogens is 1. The summed E-state index contributed by atoms with van der Waals surface area (Å²) in [6.45, 7) is 4.15. The molecule has 3 aromatic rings. The highest BCUT2D eigenvalue weighted by Crippen LogP contribution is 2.46. The van der Waals surface area contributed by atoms with Gasteiger partial charge in [0.25, 0.3) is 5.91 Å². The van der Waals surface area contributed by atoms with Crippen molar-refractivity contribution in [1.29, 1.82) is 0 Å². The number of aliphatic hydroxyl groups excluding tert-OH is 1. The number of carbonyl (C=O) groups excluding carboxylic acids is 1. The zero-order valence-electron chi connectivity index (χ0n) is 20.5. The van der Waals surface area contributed by atoms with Crippen LogP contribution >= 0.6 is 11.6 Å². The Labute approximate surface area is 219 Å². The third-order valence-corrected chi connectivity index (χ3v) is 8.77. The third-order valence-electron chi connectivity index (χ3n) is 8.53. The number of piperidine rings is 2. The summed E-state index contributed by atoms with van der Waals surface area (Å²) in [5.41, 5.74) is 1.80. The van der Waals surface area contributed by atoms with Crippen LogP contribution in [0.1, 0.15) is 41.7 Å². The SMILES string of the molecule is O=C(c1cc2c(F)cc(F)cc2[nH]1)N1CCC([C@H](O)CN2CCC3(CC2)COc2cc(Cl)ccc23)CC1. The van der Waals surface area contributed by atoms with Crippen LogP contribution in [0.5, 0.6) is 5.75 Å². The van der Waals surface area contributed by atoms with Crippen LogP contribution in [0.2, 0.25) is 5.02 Å². The second kappa shape index (κ2) is 9.57. The van der Waals surface area contributed by atoms with Crippen LogP contribution in [0, 0.1) is 17.6 Å². The van der Waals surface area contributed by atoms with Gasteiger partial charge in [0.2, 0.25) is 0 Å². The molecule has 9 heteroatoms. The van der Waals surface area contributed by atoms with E-state index in [2.05, 4.69) is 16.0 Å². The Kier molecular flexibility index (Phi) is 6.37. The minimum absolute atomic E-state index is 0.0321. The highest BCUT2D eigenvalue weighted by atomic mass is 35.5. The van der Waals surface area contributed by atoms with Gasteiger partial charge in [0.15, 0.2) is 0 Å². The lowest BCUT2D eigenvalue weighted by molar-refractivity contribution is 0.0181. The maximum Gasteiger partial charge on any atom is 0.270 e. The number of hydrogen-bond donors (Lipinski definition) is 2. The van der Waals surface area contributed by atoms with E-state index in [1.54, 1.807) is 4.90 Å². The Morgan fingerprint density at radius 3 is 2.65 bits per heavy atom. The molecule has 1 aromatic heterocycles. The van der Waals surface area contributed by atoms with Crippen molar-refractivity contribution in [2.45, 2.75) is 37.2 Å². The lowest BCUT2D eigenvalue weighted by atomic mass is 9.74. The molecule has 4 heterocycles. The van der Waals surface area contributed by atoms with Crippen LogP contribution in [-0.4, -0.2) is 71.2 Å². The van der Waals surface area contributed by atoms with E-state index in [0.717, 1.165) is 37.7 Å². The van der Waals surface area contributed by atoms with E-state index >= 15 is 0 Å². The number of fused-ring (bicyclic) bond motifs is 3. The van der Waals surface area contributed by atoms with Crippen molar-refractivity contribution in [3.63, 3.8) is 0 Å². The Balaban J connectivity index is 1.01. The van der Waals surface area contributed by atoms with E-state index in [1.165, 1.54) is 17.7 Å². The summed E-state index contributed by atoms with van der Waals surface area (Å²) >= 11 is 6.12. The second-order valence-corrected chi connectivity index (χ2v) is 11.2. The molecule has 2 saturated heterocycles. The molecule has 1 spiro atoms. The maximum absolute atomic E-state index is 14.0. The molecular formula is C28H30ClF2N3O3. The Morgan fingerprint density at radius 1 is 1.14 bits per heavy atom. The van der Waals surface area contributed by atoms with Crippen molar-refractivity contribution in [3.05, 3.63) is 64.3 Å². The quantitative estimate of drug-likeness (QED) is 0.512. The number of amides is 1. The van der Waals surface area contributed by atoms with Crippen LogP contribution in [0.15, 0.2) is 36.4 Å². The van der Waals surface area contributed by atoms with Gasteiger partial charge in [-0.3, -0.25) is 4.79 Å². The summed E-state index contributed by atoms with van der Waals surface area (Å²) in [7, 11) is 0. The number of likely N-dealkylation sites (tertiary alicyclic amines) is 2. The predicted octanol–water partition coefficient (Wildman–Crippen LogP) is 4.74. The molecule has 0 unspecified atom stereocenters. The normalized spacial score (nSPS) is 20.8. The third kappa shape index (κ3) is 4.60. The van der Waals surface area contributed by atoms with E-state index in [0.29, 0.717) is 44.1 Å². The average Bonchev–Trinajstić information content (AvgIpc) is 3.47. The molecule has 1 amide bonds. The van der Waals surface area contributed by atoms with E-state index in [-0.39, 0.29) is 33.8 Å². The fourth-order valence-electron chi connectivity index (χ4n) is 6.27.